The first-order valence-electron chi connectivity index (χ1n) is 10.4. The predicted octanol–water partition coefficient (Wildman–Crippen LogP) is 4.15. The van der Waals surface area contributed by atoms with Crippen molar-refractivity contribution >= 4 is 11.7 Å². The van der Waals surface area contributed by atoms with Gasteiger partial charge in [-0.1, -0.05) is 54.6 Å². The summed E-state index contributed by atoms with van der Waals surface area (Å²) in [5.41, 5.74) is 4.02. The first kappa shape index (κ1) is 19.9. The van der Waals surface area contributed by atoms with Crippen LogP contribution in [0.4, 0.5) is 10.2 Å². The molecule has 0 spiro atoms. The predicted molar refractivity (Wildman–Crippen MR) is 119 cm³/mol. The molecule has 1 unspecified atom stereocenters. The highest BCUT2D eigenvalue weighted by Gasteiger charge is 2.41. The van der Waals surface area contributed by atoms with E-state index in [1.807, 2.05) is 36.4 Å². The van der Waals surface area contributed by atoms with Crippen LogP contribution in [0.2, 0.25) is 0 Å². The Morgan fingerprint density at radius 3 is 2.50 bits per heavy atom. The van der Waals surface area contributed by atoms with E-state index >= 15 is 0 Å². The van der Waals surface area contributed by atoms with Crippen molar-refractivity contribution in [2.75, 3.05) is 5.32 Å². The van der Waals surface area contributed by atoms with Gasteiger partial charge in [0.15, 0.2) is 6.04 Å². The normalized spacial score (nSPS) is 14.8. The van der Waals surface area contributed by atoms with Crippen molar-refractivity contribution in [3.8, 4) is 17.0 Å². The van der Waals surface area contributed by atoms with E-state index < -0.39 is 6.04 Å². The van der Waals surface area contributed by atoms with Crippen molar-refractivity contribution in [2.24, 2.45) is 0 Å². The van der Waals surface area contributed by atoms with E-state index in [2.05, 4.69) is 5.32 Å². The van der Waals surface area contributed by atoms with Crippen molar-refractivity contribution in [1.82, 2.24) is 4.98 Å². The second-order valence-corrected chi connectivity index (χ2v) is 7.87. The Morgan fingerprint density at radius 2 is 1.75 bits per heavy atom. The number of phenols is 1. The Morgan fingerprint density at radius 1 is 0.969 bits per heavy atom. The molecule has 0 saturated carbocycles. The number of hydrogen-bond donors (Lipinski definition) is 2. The van der Waals surface area contributed by atoms with Gasteiger partial charge >= 0.3 is 11.7 Å². The van der Waals surface area contributed by atoms with E-state index in [0.29, 0.717) is 24.4 Å². The zero-order valence-corrected chi connectivity index (χ0v) is 17.2. The Kier molecular flexibility index (Phi) is 5.11. The Bertz CT molecular complexity index is 1290. The van der Waals surface area contributed by atoms with Gasteiger partial charge in [0.05, 0.1) is 0 Å². The minimum atomic E-state index is -0.476. The molecule has 4 aromatic rings. The summed E-state index contributed by atoms with van der Waals surface area (Å²) < 4.78 is 14.9. The molecule has 1 aliphatic rings. The van der Waals surface area contributed by atoms with E-state index in [9.17, 15) is 14.3 Å². The van der Waals surface area contributed by atoms with Crippen LogP contribution in [0.25, 0.3) is 11.3 Å². The molecule has 32 heavy (non-hydrogen) atoms. The van der Waals surface area contributed by atoms with Gasteiger partial charge in [-0.2, -0.15) is 4.57 Å². The first-order chi connectivity index (χ1) is 15.6. The summed E-state index contributed by atoms with van der Waals surface area (Å²) in [4.78, 5) is 18.1. The fourth-order valence-corrected chi connectivity index (χ4v) is 3.99. The Labute approximate surface area is 184 Å². The van der Waals surface area contributed by atoms with E-state index in [-0.39, 0.29) is 17.5 Å². The fourth-order valence-electron chi connectivity index (χ4n) is 3.99. The van der Waals surface area contributed by atoms with Crippen molar-refractivity contribution < 1.29 is 18.9 Å². The molecule has 6 heteroatoms. The highest BCUT2D eigenvalue weighted by atomic mass is 19.1. The number of fused-ring (bicyclic) bond motifs is 1. The molecule has 0 amide bonds. The second kappa shape index (κ2) is 8.23. The maximum Gasteiger partial charge on any atom is 0.359 e. The smallest absolute Gasteiger partial charge is 0.359 e. The number of carbonyl (C=O) groups is 1. The van der Waals surface area contributed by atoms with Gasteiger partial charge < -0.3 is 5.11 Å². The zero-order valence-electron chi connectivity index (χ0n) is 17.2. The number of hydrogen-bond acceptors (Lipinski definition) is 4. The number of phenolic OH excluding ortho intramolecular Hbond substituents is 1. The van der Waals surface area contributed by atoms with Crippen LogP contribution in [-0.2, 0) is 12.8 Å². The highest BCUT2D eigenvalue weighted by Crippen LogP contribution is 2.26. The fraction of sp³-hybridized carbons (Fsp3) is 0.115. The molecule has 0 bridgehead atoms. The van der Waals surface area contributed by atoms with Crippen LogP contribution in [-0.4, -0.2) is 22.0 Å². The van der Waals surface area contributed by atoms with Crippen molar-refractivity contribution in [3.63, 3.8) is 0 Å². The van der Waals surface area contributed by atoms with E-state index in [0.717, 1.165) is 22.4 Å². The summed E-state index contributed by atoms with van der Waals surface area (Å²) in [6, 6.07) is 22.5. The highest BCUT2D eigenvalue weighted by molar-refractivity contribution is 5.82. The summed E-state index contributed by atoms with van der Waals surface area (Å²) in [7, 11) is 0. The number of rotatable bonds is 5. The maximum atomic E-state index is 13.3. The van der Waals surface area contributed by atoms with Crippen molar-refractivity contribution in [3.05, 3.63) is 108 Å². The van der Waals surface area contributed by atoms with Crippen LogP contribution < -0.4 is 9.88 Å². The van der Waals surface area contributed by atoms with Gasteiger partial charge in [-0.15, -0.1) is 0 Å². The first-order valence-corrected chi connectivity index (χ1v) is 10.4. The number of carbonyl (C=O) groups excluding carboxylic acids is 1. The van der Waals surface area contributed by atoms with Gasteiger partial charge in [-0.05, 0) is 35.4 Å². The number of nitrogens with zero attached hydrogens (tertiary/aromatic N) is 2. The second-order valence-electron chi connectivity index (χ2n) is 7.87. The van der Waals surface area contributed by atoms with E-state index in [1.165, 1.54) is 12.1 Å². The third-order valence-electron chi connectivity index (χ3n) is 5.58. The molecular weight excluding hydrogens is 405 g/mol. The number of anilines is 1. The molecule has 5 nitrogen and oxygen atoms in total. The quantitative estimate of drug-likeness (QED) is 0.471. The Balaban J connectivity index is 1.54. The number of halogens is 1. The van der Waals surface area contributed by atoms with Crippen LogP contribution in [0.15, 0.2) is 85.1 Å². The van der Waals surface area contributed by atoms with Crippen LogP contribution in [0.3, 0.4) is 0 Å². The lowest BCUT2D eigenvalue weighted by molar-refractivity contribution is -0.552. The van der Waals surface area contributed by atoms with Crippen molar-refractivity contribution in [1.29, 1.82) is 0 Å². The van der Waals surface area contributed by atoms with Crippen LogP contribution >= 0.6 is 0 Å². The van der Waals surface area contributed by atoms with Gasteiger partial charge in [0.25, 0.3) is 0 Å². The zero-order chi connectivity index (χ0) is 22.1. The minimum Gasteiger partial charge on any atom is -0.508 e. The maximum absolute atomic E-state index is 13.3. The van der Waals surface area contributed by atoms with E-state index in [1.54, 1.807) is 41.1 Å². The summed E-state index contributed by atoms with van der Waals surface area (Å²) in [6.07, 6.45) is 2.69. The van der Waals surface area contributed by atoms with Gasteiger partial charge in [0.2, 0.25) is 0 Å². The standard InChI is InChI=1S/C26H20FN3O2/c27-20-11-9-18(10-12-20)14-23-26(32)30-16-24(19-7-4-8-21(31)15-19)28-22(25(30)29-23)13-17-5-2-1-3-6-17/h1-12,15-16,23,31H,13-14H2/p+1. The minimum absolute atomic E-state index is 0.0950. The number of nitrogens with one attached hydrogen (secondary N) is 1. The monoisotopic (exact) mass is 426 g/mol. The van der Waals surface area contributed by atoms with Gasteiger partial charge in [-0.25, -0.2) is 14.2 Å². The Hall–Kier alpha value is -4.06. The lowest BCUT2D eigenvalue weighted by Crippen LogP contribution is -2.44. The largest absolute Gasteiger partial charge is 0.508 e. The SMILES string of the molecule is O=C1C(Cc2ccc(F)cc2)Nc2c(Cc3ccccc3)nc(-c3cccc(O)c3)c[n+]21. The molecule has 0 fully saturated rings. The number of aromatic nitrogens is 2. The molecule has 5 rings (SSSR count). The van der Waals surface area contributed by atoms with Gasteiger partial charge in [0, 0.05) is 18.4 Å². The van der Waals surface area contributed by atoms with Crippen LogP contribution in [0.1, 0.15) is 21.6 Å². The summed E-state index contributed by atoms with van der Waals surface area (Å²) in [5, 5.41) is 13.2. The molecule has 0 saturated heterocycles. The average molecular weight is 426 g/mol. The molecule has 1 atom stereocenters. The molecular formula is C26H21FN3O2+. The summed E-state index contributed by atoms with van der Waals surface area (Å²) in [6.45, 7) is 0. The topological polar surface area (TPSA) is 66.1 Å². The van der Waals surface area contributed by atoms with Crippen LogP contribution in [0.5, 0.6) is 5.75 Å². The third-order valence-corrected chi connectivity index (χ3v) is 5.58. The molecule has 0 aliphatic carbocycles. The van der Waals surface area contributed by atoms with Gasteiger partial charge in [-0.3, -0.25) is 5.32 Å². The van der Waals surface area contributed by atoms with Crippen LogP contribution in [0, 0.1) is 5.82 Å². The average Bonchev–Trinajstić information content (AvgIpc) is 3.12. The molecule has 0 radical (unpaired) electrons. The van der Waals surface area contributed by atoms with Crippen molar-refractivity contribution in [2.45, 2.75) is 18.9 Å². The number of aromatic hydroxyl groups is 1. The number of benzene rings is 3. The third kappa shape index (κ3) is 3.95. The molecule has 2 N–H and O–H groups in total. The van der Waals surface area contributed by atoms with Gasteiger partial charge in [0.1, 0.15) is 29.2 Å². The summed E-state index contributed by atoms with van der Waals surface area (Å²) >= 11 is 0. The molecule has 2 heterocycles. The van der Waals surface area contributed by atoms with E-state index in [4.69, 9.17) is 4.98 Å². The summed E-state index contributed by atoms with van der Waals surface area (Å²) in [5.74, 6) is 0.401. The molecule has 3 aromatic carbocycles. The molecule has 158 valence electrons. The molecule has 1 aromatic heterocycles. The lowest BCUT2D eigenvalue weighted by Gasteiger charge is -2.07. The molecule has 1 aliphatic heterocycles. The lowest BCUT2D eigenvalue weighted by atomic mass is 10.1.